The Morgan fingerprint density at radius 3 is 2.54 bits per heavy atom. The van der Waals surface area contributed by atoms with Gasteiger partial charge in [-0.05, 0) is 49.6 Å². The molecule has 1 unspecified atom stereocenters. The minimum Gasteiger partial charge on any atom is -0.335 e. The molecule has 3 heterocycles. The Morgan fingerprint density at radius 1 is 1.08 bits per heavy atom. The summed E-state index contributed by atoms with van der Waals surface area (Å²) in [7, 11) is 1.96. The molecular weight excluding hydrogens is 330 g/mol. The molecule has 1 aromatic carbocycles. The van der Waals surface area contributed by atoms with Crippen LogP contribution in [0, 0.1) is 12.3 Å². The smallest absolute Gasteiger partial charge is 0.282 e. The van der Waals surface area contributed by atoms with Crippen LogP contribution < -0.4 is 10.4 Å². The number of alkyl halides is 2. The Labute approximate surface area is 152 Å². The third kappa shape index (κ3) is 1.53. The quantitative estimate of drug-likeness (QED) is 0.707. The van der Waals surface area contributed by atoms with Crippen molar-refractivity contribution in [1.29, 1.82) is 0 Å². The van der Waals surface area contributed by atoms with Crippen LogP contribution in [0.3, 0.4) is 0 Å². The Hall–Kier alpha value is -2.36. The molecule has 26 heavy (non-hydrogen) atoms. The van der Waals surface area contributed by atoms with Crippen LogP contribution in [0.4, 0.5) is 8.78 Å². The van der Waals surface area contributed by atoms with E-state index < -0.39 is 17.4 Å². The molecule has 5 rings (SSSR count). The lowest BCUT2D eigenvalue weighted by Crippen LogP contribution is -2.60. The van der Waals surface area contributed by atoms with Gasteiger partial charge in [-0.3, -0.25) is 0 Å². The molecule has 0 spiro atoms. The second-order valence-corrected chi connectivity index (χ2v) is 8.30. The zero-order valence-corrected chi connectivity index (χ0v) is 15.7. The summed E-state index contributed by atoms with van der Waals surface area (Å²) in [6, 6.07) is 5.77. The fourth-order valence-corrected chi connectivity index (χ4v) is 4.99. The summed E-state index contributed by atoms with van der Waals surface area (Å²) >= 11 is 0. The Balaban J connectivity index is 2.02. The summed E-state index contributed by atoms with van der Waals surface area (Å²) in [5.41, 5.74) is 2.89. The predicted molar refractivity (Wildman–Crippen MR) is 99.3 cm³/mol. The van der Waals surface area contributed by atoms with E-state index in [1.165, 1.54) is 5.56 Å². The summed E-state index contributed by atoms with van der Waals surface area (Å²) in [6.45, 7) is 7.44. The first-order chi connectivity index (χ1) is 12.2. The number of benzene rings is 1. The largest absolute Gasteiger partial charge is 0.335 e. The van der Waals surface area contributed by atoms with Crippen molar-refractivity contribution < 1.29 is 8.78 Å². The molecule has 4 aliphatic rings. The van der Waals surface area contributed by atoms with Crippen molar-refractivity contribution in [2.45, 2.75) is 39.7 Å². The van der Waals surface area contributed by atoms with Gasteiger partial charge in [0.25, 0.3) is 5.92 Å². The van der Waals surface area contributed by atoms with Gasteiger partial charge in [-0.15, -0.1) is 0 Å². The average molecular weight is 352 g/mol. The van der Waals surface area contributed by atoms with E-state index >= 15 is 8.78 Å². The summed E-state index contributed by atoms with van der Waals surface area (Å²) in [5, 5.41) is 2.24. The van der Waals surface area contributed by atoms with Crippen molar-refractivity contribution in [2.24, 2.45) is 5.41 Å². The van der Waals surface area contributed by atoms with Gasteiger partial charge in [0, 0.05) is 29.7 Å². The lowest BCUT2D eigenvalue weighted by Gasteiger charge is -2.53. The van der Waals surface area contributed by atoms with E-state index in [0.717, 1.165) is 27.4 Å². The van der Waals surface area contributed by atoms with Crippen LogP contribution in [0.1, 0.15) is 26.3 Å². The Morgan fingerprint density at radius 2 is 1.81 bits per heavy atom. The molecule has 1 saturated heterocycles. The third-order valence-corrected chi connectivity index (χ3v) is 6.48. The number of allylic oxidation sites excluding steroid dienone is 3. The average Bonchev–Trinajstić information content (AvgIpc) is 2.92. The fourth-order valence-electron chi connectivity index (χ4n) is 4.99. The SMILES string of the molecule is CC1=CC=C2C3C1=c1cccc(C)c1=C1N(C)C=C(N13)C(C)(C)C2(F)F. The predicted octanol–water partition coefficient (Wildman–Crippen LogP) is 3.24. The summed E-state index contributed by atoms with van der Waals surface area (Å²) < 4.78 is 31.2. The van der Waals surface area contributed by atoms with Crippen molar-refractivity contribution in [1.82, 2.24) is 9.80 Å². The highest BCUT2D eigenvalue weighted by Gasteiger charge is 2.63. The molecule has 2 nitrogen and oxygen atoms in total. The molecule has 4 heteroatoms. The van der Waals surface area contributed by atoms with Crippen molar-refractivity contribution in [2.75, 3.05) is 7.05 Å². The van der Waals surface area contributed by atoms with Crippen molar-refractivity contribution in [3.63, 3.8) is 0 Å². The van der Waals surface area contributed by atoms with E-state index in [4.69, 9.17) is 0 Å². The number of rotatable bonds is 0. The van der Waals surface area contributed by atoms with Crippen molar-refractivity contribution in [3.8, 4) is 0 Å². The molecule has 1 fully saturated rings. The lowest BCUT2D eigenvalue weighted by molar-refractivity contribution is -0.0822. The molecule has 0 amide bonds. The summed E-state index contributed by atoms with van der Waals surface area (Å²) in [6.07, 6.45) is 5.41. The summed E-state index contributed by atoms with van der Waals surface area (Å²) in [4.78, 5) is 4.18. The van der Waals surface area contributed by atoms with Crippen molar-refractivity contribution in [3.05, 3.63) is 69.4 Å². The maximum absolute atomic E-state index is 15.6. The van der Waals surface area contributed by atoms with Gasteiger partial charge in [-0.1, -0.05) is 30.4 Å². The zero-order chi connectivity index (χ0) is 18.6. The van der Waals surface area contributed by atoms with Gasteiger partial charge >= 0.3 is 0 Å². The van der Waals surface area contributed by atoms with Gasteiger partial charge < -0.3 is 9.80 Å². The van der Waals surface area contributed by atoms with E-state index in [2.05, 4.69) is 24.0 Å². The molecule has 1 aromatic rings. The number of aryl methyl sites for hydroxylation is 1. The molecule has 134 valence electrons. The van der Waals surface area contributed by atoms with Gasteiger partial charge in [-0.2, -0.15) is 0 Å². The Bertz CT molecular complexity index is 1090. The monoisotopic (exact) mass is 352 g/mol. The molecule has 3 aliphatic heterocycles. The van der Waals surface area contributed by atoms with Crippen LogP contribution in [-0.4, -0.2) is 28.8 Å². The fraction of sp³-hybridized carbons (Fsp3) is 0.364. The molecule has 1 aliphatic carbocycles. The molecular formula is C22H22F2N2. The van der Waals surface area contributed by atoms with Gasteiger partial charge in [0.2, 0.25) is 0 Å². The van der Waals surface area contributed by atoms with E-state index in [1.807, 2.05) is 37.2 Å². The normalized spacial score (nSPS) is 26.9. The van der Waals surface area contributed by atoms with Crippen LogP contribution >= 0.6 is 0 Å². The van der Waals surface area contributed by atoms with Crippen molar-refractivity contribution >= 4 is 11.4 Å². The number of hydrogen-bond donors (Lipinski definition) is 0. The molecule has 0 saturated carbocycles. The van der Waals surface area contributed by atoms with Crippen LogP contribution in [0.2, 0.25) is 0 Å². The first-order valence-electron chi connectivity index (χ1n) is 9.03. The molecule has 0 radical (unpaired) electrons. The van der Waals surface area contributed by atoms with Gasteiger partial charge in [0.15, 0.2) is 0 Å². The molecule has 0 bridgehead atoms. The van der Waals surface area contributed by atoms with E-state index in [1.54, 1.807) is 19.9 Å². The highest BCUT2D eigenvalue weighted by molar-refractivity contribution is 5.81. The van der Waals surface area contributed by atoms with Crippen LogP contribution in [0.25, 0.3) is 11.4 Å². The first-order valence-corrected chi connectivity index (χ1v) is 9.03. The number of piperidine rings is 1. The van der Waals surface area contributed by atoms with Gasteiger partial charge in [0.1, 0.15) is 5.82 Å². The highest BCUT2D eigenvalue weighted by atomic mass is 19.3. The van der Waals surface area contributed by atoms with Gasteiger partial charge in [0.05, 0.1) is 11.5 Å². The maximum Gasteiger partial charge on any atom is 0.282 e. The van der Waals surface area contributed by atoms with Crippen LogP contribution in [0.5, 0.6) is 0 Å². The highest BCUT2D eigenvalue weighted by Crippen LogP contribution is 2.59. The number of hydrogen-bond acceptors (Lipinski definition) is 2. The summed E-state index contributed by atoms with van der Waals surface area (Å²) in [5.74, 6) is -1.88. The second kappa shape index (κ2) is 4.48. The van der Waals surface area contributed by atoms with Crippen LogP contribution in [0.15, 0.2) is 53.4 Å². The van der Waals surface area contributed by atoms with E-state index in [0.29, 0.717) is 5.70 Å². The molecule has 0 N–H and O–H groups in total. The molecule has 1 atom stereocenters. The maximum atomic E-state index is 15.6. The lowest BCUT2D eigenvalue weighted by atomic mass is 9.67. The van der Waals surface area contributed by atoms with E-state index in [-0.39, 0.29) is 5.57 Å². The second-order valence-electron chi connectivity index (χ2n) is 8.30. The first kappa shape index (κ1) is 15.9. The number of fused-ring (bicyclic) bond motifs is 1. The topological polar surface area (TPSA) is 6.48 Å². The number of nitrogens with zero attached hydrogens (tertiary/aromatic N) is 2. The number of halogens is 2. The zero-order valence-electron chi connectivity index (χ0n) is 15.7. The third-order valence-electron chi connectivity index (χ3n) is 6.48. The van der Waals surface area contributed by atoms with Crippen LogP contribution in [-0.2, 0) is 0 Å². The minimum atomic E-state index is -2.90. The Kier molecular flexibility index (Phi) is 2.73. The van der Waals surface area contributed by atoms with Gasteiger partial charge in [-0.25, -0.2) is 8.78 Å². The minimum absolute atomic E-state index is 0.209. The molecule has 0 aromatic heterocycles. The van der Waals surface area contributed by atoms with E-state index in [9.17, 15) is 0 Å². The standard InChI is InChI=1S/C22H22F2N2/c1-12-7-6-8-14-17-13(2)9-10-15-19(17)26-16(21(3,4)22(15,23)24)11-25(5)20(26)18(12)14/h6-11,19H,1-5H3.